The molecule has 14 heavy (non-hydrogen) atoms. The minimum Gasteiger partial charge on any atom is -0.465 e. The zero-order valence-corrected chi connectivity index (χ0v) is 9.11. The van der Waals surface area contributed by atoms with E-state index in [0.717, 1.165) is 5.56 Å². The number of hydrazone groups is 1. The van der Waals surface area contributed by atoms with E-state index in [-0.39, 0.29) is 5.97 Å². The van der Waals surface area contributed by atoms with Gasteiger partial charge in [-0.2, -0.15) is 5.10 Å². The molecule has 0 bridgehead atoms. The molecule has 0 saturated carbocycles. The average molecular weight is 257 g/mol. The molecule has 0 aromatic heterocycles. The first-order valence-electron chi connectivity index (χ1n) is 3.80. The number of benzene rings is 1. The van der Waals surface area contributed by atoms with E-state index >= 15 is 0 Å². The third kappa shape index (κ3) is 2.32. The Morgan fingerprint density at radius 2 is 2.36 bits per heavy atom. The first kappa shape index (κ1) is 10.7. The number of halogens is 1. The van der Waals surface area contributed by atoms with Crippen LogP contribution in [-0.4, -0.2) is 19.3 Å². The minimum atomic E-state index is -0.381. The van der Waals surface area contributed by atoms with Gasteiger partial charge >= 0.3 is 5.97 Å². The van der Waals surface area contributed by atoms with Crippen LogP contribution in [-0.2, 0) is 4.74 Å². The quantitative estimate of drug-likeness (QED) is 0.378. The normalized spacial score (nSPS) is 10.4. The summed E-state index contributed by atoms with van der Waals surface area (Å²) in [5, 5.41) is 3.38. The second kappa shape index (κ2) is 4.76. The Kier molecular flexibility index (Phi) is 3.64. The predicted octanol–water partition coefficient (Wildman–Crippen LogP) is 1.53. The van der Waals surface area contributed by atoms with Gasteiger partial charge in [-0.05, 0) is 33.6 Å². The van der Waals surface area contributed by atoms with E-state index in [0.29, 0.717) is 10.0 Å². The zero-order valence-electron chi connectivity index (χ0n) is 7.53. The fourth-order valence-electron chi connectivity index (χ4n) is 0.973. The SMILES string of the molecule is COC(=O)c1ccc(C=NN)cc1Br. The highest BCUT2D eigenvalue weighted by Crippen LogP contribution is 2.18. The first-order valence-corrected chi connectivity index (χ1v) is 4.59. The lowest BCUT2D eigenvalue weighted by molar-refractivity contribution is 0.0599. The number of ether oxygens (including phenoxy) is 1. The largest absolute Gasteiger partial charge is 0.465 e. The monoisotopic (exact) mass is 256 g/mol. The summed E-state index contributed by atoms with van der Waals surface area (Å²) in [6.45, 7) is 0. The number of carbonyl (C=O) groups is 1. The molecule has 0 aliphatic carbocycles. The van der Waals surface area contributed by atoms with E-state index in [1.54, 1.807) is 18.2 Å². The molecule has 0 spiro atoms. The first-order chi connectivity index (χ1) is 6.69. The molecule has 1 aromatic carbocycles. The van der Waals surface area contributed by atoms with Crippen molar-refractivity contribution in [2.24, 2.45) is 10.9 Å². The Morgan fingerprint density at radius 3 is 2.86 bits per heavy atom. The molecule has 74 valence electrons. The van der Waals surface area contributed by atoms with Crippen LogP contribution in [0.15, 0.2) is 27.8 Å². The Hall–Kier alpha value is -1.36. The number of rotatable bonds is 2. The van der Waals surface area contributed by atoms with E-state index in [4.69, 9.17) is 5.84 Å². The van der Waals surface area contributed by atoms with Gasteiger partial charge in [-0.15, -0.1) is 0 Å². The topological polar surface area (TPSA) is 64.7 Å². The van der Waals surface area contributed by atoms with E-state index in [9.17, 15) is 4.79 Å². The highest BCUT2D eigenvalue weighted by atomic mass is 79.9. The van der Waals surface area contributed by atoms with Crippen LogP contribution in [0.5, 0.6) is 0 Å². The van der Waals surface area contributed by atoms with Gasteiger partial charge in [0.25, 0.3) is 0 Å². The number of nitrogens with zero attached hydrogens (tertiary/aromatic N) is 1. The Morgan fingerprint density at radius 1 is 1.64 bits per heavy atom. The summed E-state index contributed by atoms with van der Waals surface area (Å²) < 4.78 is 5.24. The van der Waals surface area contributed by atoms with Crippen molar-refractivity contribution in [2.45, 2.75) is 0 Å². The van der Waals surface area contributed by atoms with Crippen molar-refractivity contribution in [2.75, 3.05) is 7.11 Å². The molecular weight excluding hydrogens is 248 g/mol. The van der Waals surface area contributed by atoms with Gasteiger partial charge in [-0.25, -0.2) is 4.79 Å². The Labute approximate surface area is 89.9 Å². The molecule has 0 aliphatic rings. The molecule has 2 N–H and O–H groups in total. The van der Waals surface area contributed by atoms with Gasteiger partial charge in [-0.3, -0.25) is 0 Å². The summed E-state index contributed by atoms with van der Waals surface area (Å²) in [6, 6.07) is 5.11. The third-order valence-electron chi connectivity index (χ3n) is 1.62. The van der Waals surface area contributed by atoms with Crippen molar-refractivity contribution in [1.82, 2.24) is 0 Å². The molecule has 0 aliphatic heterocycles. The molecular formula is C9H9BrN2O2. The second-order valence-corrected chi connectivity index (χ2v) is 3.36. The van der Waals surface area contributed by atoms with Crippen LogP contribution in [0, 0.1) is 0 Å². The summed E-state index contributed by atoms with van der Waals surface area (Å²) in [5.41, 5.74) is 1.29. The van der Waals surface area contributed by atoms with Gasteiger partial charge in [0, 0.05) is 4.47 Å². The molecule has 0 unspecified atom stereocenters. The van der Waals surface area contributed by atoms with Gasteiger partial charge in [-0.1, -0.05) is 6.07 Å². The third-order valence-corrected chi connectivity index (χ3v) is 2.28. The highest BCUT2D eigenvalue weighted by Gasteiger charge is 2.09. The summed E-state index contributed by atoms with van der Waals surface area (Å²) >= 11 is 3.26. The maximum Gasteiger partial charge on any atom is 0.339 e. The van der Waals surface area contributed by atoms with Crippen LogP contribution in [0.2, 0.25) is 0 Å². The fraction of sp³-hybridized carbons (Fsp3) is 0.111. The van der Waals surface area contributed by atoms with Gasteiger partial charge in [0.05, 0.1) is 18.9 Å². The highest BCUT2D eigenvalue weighted by molar-refractivity contribution is 9.10. The van der Waals surface area contributed by atoms with Crippen LogP contribution in [0.1, 0.15) is 15.9 Å². The minimum absolute atomic E-state index is 0.381. The van der Waals surface area contributed by atoms with Gasteiger partial charge in [0.2, 0.25) is 0 Å². The zero-order chi connectivity index (χ0) is 10.6. The molecule has 0 fully saturated rings. The maximum absolute atomic E-state index is 11.2. The van der Waals surface area contributed by atoms with Crippen LogP contribution >= 0.6 is 15.9 Å². The number of carbonyl (C=O) groups excluding carboxylic acids is 1. The molecule has 0 atom stereocenters. The number of nitrogens with two attached hydrogens (primary N) is 1. The van der Waals surface area contributed by atoms with Crippen molar-refractivity contribution in [3.63, 3.8) is 0 Å². The Balaban J connectivity index is 3.07. The lowest BCUT2D eigenvalue weighted by Crippen LogP contribution is -2.02. The van der Waals surface area contributed by atoms with Gasteiger partial charge < -0.3 is 10.6 Å². The van der Waals surface area contributed by atoms with Crippen molar-refractivity contribution in [3.8, 4) is 0 Å². The van der Waals surface area contributed by atoms with Gasteiger partial charge in [0.15, 0.2) is 0 Å². The van der Waals surface area contributed by atoms with Crippen molar-refractivity contribution in [3.05, 3.63) is 33.8 Å². The predicted molar refractivity (Wildman–Crippen MR) is 57.3 cm³/mol. The lowest BCUT2D eigenvalue weighted by atomic mass is 10.1. The van der Waals surface area contributed by atoms with E-state index in [1.807, 2.05) is 0 Å². The maximum atomic E-state index is 11.2. The summed E-state index contributed by atoms with van der Waals surface area (Å²) in [7, 11) is 1.34. The van der Waals surface area contributed by atoms with Crippen molar-refractivity contribution in [1.29, 1.82) is 0 Å². The second-order valence-electron chi connectivity index (χ2n) is 2.51. The number of hydrogen-bond acceptors (Lipinski definition) is 4. The van der Waals surface area contributed by atoms with E-state index in [2.05, 4.69) is 25.8 Å². The number of esters is 1. The average Bonchev–Trinajstić information content (AvgIpc) is 2.17. The molecule has 4 nitrogen and oxygen atoms in total. The summed E-state index contributed by atoms with van der Waals surface area (Å²) in [5.74, 6) is 4.62. The van der Waals surface area contributed by atoms with Crippen molar-refractivity contribution >= 4 is 28.1 Å². The van der Waals surface area contributed by atoms with E-state index in [1.165, 1.54) is 13.3 Å². The molecule has 0 radical (unpaired) electrons. The smallest absolute Gasteiger partial charge is 0.339 e. The molecule has 0 heterocycles. The van der Waals surface area contributed by atoms with Crippen molar-refractivity contribution < 1.29 is 9.53 Å². The number of methoxy groups -OCH3 is 1. The number of hydrogen-bond donors (Lipinski definition) is 1. The summed E-state index contributed by atoms with van der Waals surface area (Å²) in [6.07, 6.45) is 1.49. The standard InChI is InChI=1S/C9H9BrN2O2/c1-14-9(13)7-3-2-6(5-12-11)4-8(7)10/h2-5H,11H2,1H3. The van der Waals surface area contributed by atoms with Crippen LogP contribution in [0.4, 0.5) is 0 Å². The molecule has 0 amide bonds. The summed E-state index contributed by atoms with van der Waals surface area (Å²) in [4.78, 5) is 11.2. The molecule has 1 aromatic rings. The fourth-order valence-corrected chi connectivity index (χ4v) is 1.53. The molecule has 1 rings (SSSR count). The van der Waals surface area contributed by atoms with Crippen LogP contribution in [0.3, 0.4) is 0 Å². The van der Waals surface area contributed by atoms with E-state index < -0.39 is 0 Å². The van der Waals surface area contributed by atoms with Crippen LogP contribution in [0.25, 0.3) is 0 Å². The lowest BCUT2D eigenvalue weighted by Gasteiger charge is -2.02. The van der Waals surface area contributed by atoms with Crippen LogP contribution < -0.4 is 5.84 Å². The molecule has 0 saturated heterocycles. The Bertz CT molecular complexity index is 377. The van der Waals surface area contributed by atoms with Gasteiger partial charge in [0.1, 0.15) is 0 Å². The molecule has 5 heteroatoms.